The summed E-state index contributed by atoms with van der Waals surface area (Å²) < 4.78 is 9.50. The zero-order valence-corrected chi connectivity index (χ0v) is 20.0. The van der Waals surface area contributed by atoms with Gasteiger partial charge in [0.25, 0.3) is 5.91 Å². The molecule has 3 amide bonds. The number of urea groups is 1. The number of likely N-dealkylation sites (N-methyl/N-ethyl adjacent to an activating group) is 1. The molecule has 0 aliphatic carbocycles. The highest BCUT2D eigenvalue weighted by molar-refractivity contribution is 6.19. The first kappa shape index (κ1) is 21.8. The maximum atomic E-state index is 13.7. The maximum absolute atomic E-state index is 13.7. The lowest BCUT2D eigenvalue weighted by molar-refractivity contribution is -0.682. The number of aromatic nitrogens is 2. The highest BCUT2D eigenvalue weighted by Gasteiger charge is 2.54. The van der Waals surface area contributed by atoms with Gasteiger partial charge in [0.15, 0.2) is 0 Å². The summed E-state index contributed by atoms with van der Waals surface area (Å²) in [6, 6.07) is 5.25. The molecule has 1 atom stereocenters. The number of aliphatic imine (C=N–C) groups is 1. The van der Waals surface area contributed by atoms with Crippen molar-refractivity contribution in [1.29, 1.82) is 0 Å². The number of nitrogens with zero attached hydrogens (tertiary/aromatic N) is 6. The van der Waals surface area contributed by atoms with Gasteiger partial charge in [-0.25, -0.2) is 9.36 Å². The molecule has 3 aliphatic heterocycles. The molecule has 9 nitrogen and oxygen atoms in total. The Balaban J connectivity index is 1.53. The smallest absolute Gasteiger partial charge is 0.379 e. The number of ether oxygens (including phenoxy) is 1. The summed E-state index contributed by atoms with van der Waals surface area (Å²) in [4.78, 5) is 36.8. The third-order valence-corrected chi connectivity index (χ3v) is 7.28. The number of morpholine rings is 1. The molecular formula is C24H31N6O3+. The molecule has 4 heterocycles. The molecule has 0 N–H and O–H groups in total. The molecule has 0 spiro atoms. The number of carbonyl (C=O) groups is 2. The summed E-state index contributed by atoms with van der Waals surface area (Å²) in [5, 5.41) is 0. The lowest BCUT2D eigenvalue weighted by atomic mass is 10.1. The second-order valence-corrected chi connectivity index (χ2v) is 9.05. The van der Waals surface area contributed by atoms with E-state index in [1.165, 1.54) is 15.4 Å². The van der Waals surface area contributed by atoms with Gasteiger partial charge >= 0.3 is 12.0 Å². The normalized spacial score (nSPS) is 20.9. The Bertz CT molecular complexity index is 1180. The van der Waals surface area contributed by atoms with Crippen LogP contribution in [-0.4, -0.2) is 83.5 Å². The van der Waals surface area contributed by atoms with Gasteiger partial charge in [-0.15, -0.1) is 0 Å². The number of hydrogen-bond donors (Lipinski definition) is 0. The molecule has 33 heavy (non-hydrogen) atoms. The quantitative estimate of drug-likeness (QED) is 0.665. The van der Waals surface area contributed by atoms with Crippen LogP contribution in [0.1, 0.15) is 28.6 Å². The van der Waals surface area contributed by atoms with Crippen molar-refractivity contribution < 1.29 is 18.9 Å². The first-order valence-electron chi connectivity index (χ1n) is 11.5. The molecular weight excluding hydrogens is 420 g/mol. The number of imide groups is 1. The Morgan fingerprint density at radius 1 is 1.09 bits per heavy atom. The molecule has 2 saturated heterocycles. The van der Waals surface area contributed by atoms with Gasteiger partial charge < -0.3 is 4.74 Å². The Morgan fingerprint density at radius 2 is 1.82 bits per heavy atom. The van der Waals surface area contributed by atoms with Crippen molar-refractivity contribution in [1.82, 2.24) is 19.3 Å². The highest BCUT2D eigenvalue weighted by atomic mass is 16.5. The minimum absolute atomic E-state index is 0.213. The molecule has 5 rings (SSSR count). The summed E-state index contributed by atoms with van der Waals surface area (Å²) in [5.41, 5.74) is 5.40. The predicted molar refractivity (Wildman–Crippen MR) is 123 cm³/mol. The SMILES string of the molecule is Cc1cccc(-n2c(C)c(C)[n+]3c2N=C2C3C(=O)N(CCN3CCOCC3)C(=O)N2C)c1C. The van der Waals surface area contributed by atoms with Crippen molar-refractivity contribution in [3.8, 4) is 5.69 Å². The Labute approximate surface area is 193 Å². The maximum Gasteiger partial charge on any atom is 0.407 e. The summed E-state index contributed by atoms with van der Waals surface area (Å²) in [6.45, 7) is 12.3. The number of hydrogen-bond acceptors (Lipinski definition) is 5. The first-order chi connectivity index (χ1) is 15.8. The molecule has 0 saturated carbocycles. The third-order valence-electron chi connectivity index (χ3n) is 7.28. The fraction of sp³-hybridized carbons (Fsp3) is 0.500. The van der Waals surface area contributed by atoms with Gasteiger partial charge in [0.05, 0.1) is 13.2 Å². The van der Waals surface area contributed by atoms with Crippen LogP contribution in [0.4, 0.5) is 10.7 Å². The van der Waals surface area contributed by atoms with Gasteiger partial charge in [0, 0.05) is 33.2 Å². The first-order valence-corrected chi connectivity index (χ1v) is 11.5. The Hall–Kier alpha value is -3.04. The second-order valence-electron chi connectivity index (χ2n) is 9.05. The summed E-state index contributed by atoms with van der Waals surface area (Å²) >= 11 is 0. The van der Waals surface area contributed by atoms with Crippen LogP contribution in [0.3, 0.4) is 0 Å². The van der Waals surface area contributed by atoms with E-state index in [0.29, 0.717) is 38.1 Å². The minimum Gasteiger partial charge on any atom is -0.379 e. The zero-order valence-electron chi connectivity index (χ0n) is 20.0. The third kappa shape index (κ3) is 3.29. The van der Waals surface area contributed by atoms with E-state index in [1.54, 1.807) is 7.05 Å². The van der Waals surface area contributed by atoms with Gasteiger partial charge in [0.2, 0.25) is 11.9 Å². The summed E-state index contributed by atoms with van der Waals surface area (Å²) in [6.07, 6.45) is 0. The summed E-state index contributed by atoms with van der Waals surface area (Å²) in [7, 11) is 1.71. The van der Waals surface area contributed by atoms with Gasteiger partial charge in [-0.1, -0.05) is 17.1 Å². The van der Waals surface area contributed by atoms with Crippen molar-refractivity contribution in [2.75, 3.05) is 46.4 Å². The van der Waals surface area contributed by atoms with Crippen LogP contribution < -0.4 is 4.57 Å². The van der Waals surface area contributed by atoms with E-state index < -0.39 is 6.04 Å². The van der Waals surface area contributed by atoms with E-state index in [-0.39, 0.29) is 11.9 Å². The molecule has 1 aromatic carbocycles. The van der Waals surface area contributed by atoms with Crippen LogP contribution in [-0.2, 0) is 9.53 Å². The lowest BCUT2D eigenvalue weighted by Gasteiger charge is -2.35. The number of aryl methyl sites for hydroxylation is 1. The van der Waals surface area contributed by atoms with Crippen LogP contribution in [0, 0.1) is 27.7 Å². The van der Waals surface area contributed by atoms with Crippen LogP contribution in [0.2, 0.25) is 0 Å². The van der Waals surface area contributed by atoms with E-state index in [1.807, 2.05) is 17.6 Å². The standard InChI is InChI=1S/C24H31N6O3/c1-15-7-6-8-19(16(15)2)29-17(3)18(4)30-20-21(25-23(29)30)26(5)24(32)28(22(20)31)10-9-27-11-13-33-14-12-27/h6-8,20H,9-14H2,1-5H3/q+1. The molecule has 1 unspecified atom stereocenters. The number of imidazole rings is 1. The predicted octanol–water partition coefficient (Wildman–Crippen LogP) is 1.81. The fourth-order valence-corrected chi connectivity index (χ4v) is 4.97. The number of rotatable bonds is 4. The molecule has 2 fully saturated rings. The monoisotopic (exact) mass is 451 g/mol. The number of carbonyl (C=O) groups excluding carboxylic acids is 2. The lowest BCUT2D eigenvalue weighted by Crippen LogP contribution is -2.64. The van der Waals surface area contributed by atoms with Crippen LogP contribution in [0.25, 0.3) is 5.69 Å². The van der Waals surface area contributed by atoms with Crippen molar-refractivity contribution in [3.05, 3.63) is 40.7 Å². The Kier molecular flexibility index (Phi) is 5.33. The van der Waals surface area contributed by atoms with Crippen LogP contribution in [0.15, 0.2) is 23.2 Å². The largest absolute Gasteiger partial charge is 0.407 e. The van der Waals surface area contributed by atoms with Crippen molar-refractivity contribution in [3.63, 3.8) is 0 Å². The van der Waals surface area contributed by atoms with E-state index in [2.05, 4.69) is 42.4 Å². The average Bonchev–Trinajstić information content (AvgIpc) is 3.31. The minimum atomic E-state index is -0.627. The summed E-state index contributed by atoms with van der Waals surface area (Å²) in [5.74, 6) is 0.960. The molecule has 9 heteroatoms. The molecule has 0 radical (unpaired) electrons. The number of benzene rings is 1. The second kappa shape index (κ2) is 8.07. The van der Waals surface area contributed by atoms with Gasteiger partial charge in [-0.2, -0.15) is 4.57 Å². The molecule has 174 valence electrons. The van der Waals surface area contributed by atoms with Crippen molar-refractivity contribution in [2.24, 2.45) is 4.99 Å². The highest BCUT2D eigenvalue weighted by Crippen LogP contribution is 2.34. The number of fused-ring (bicyclic) bond motifs is 3. The van der Waals surface area contributed by atoms with Gasteiger partial charge in [-0.3, -0.25) is 19.5 Å². The van der Waals surface area contributed by atoms with E-state index in [9.17, 15) is 9.59 Å². The average molecular weight is 452 g/mol. The molecule has 2 aromatic rings. The number of amidine groups is 1. The van der Waals surface area contributed by atoms with E-state index in [0.717, 1.165) is 35.7 Å². The molecule has 0 bridgehead atoms. The Morgan fingerprint density at radius 3 is 2.55 bits per heavy atom. The van der Waals surface area contributed by atoms with E-state index in [4.69, 9.17) is 9.73 Å². The topological polar surface area (TPSA) is 74.3 Å². The van der Waals surface area contributed by atoms with Crippen LogP contribution >= 0.6 is 0 Å². The number of amides is 3. The van der Waals surface area contributed by atoms with Crippen LogP contribution in [0.5, 0.6) is 0 Å². The van der Waals surface area contributed by atoms with Crippen molar-refractivity contribution >= 4 is 23.7 Å². The molecule has 1 aromatic heterocycles. The zero-order chi connectivity index (χ0) is 23.4. The molecule has 3 aliphatic rings. The van der Waals surface area contributed by atoms with Gasteiger partial charge in [0.1, 0.15) is 17.1 Å². The van der Waals surface area contributed by atoms with Crippen molar-refractivity contribution in [2.45, 2.75) is 33.7 Å². The fourth-order valence-electron chi connectivity index (χ4n) is 4.97. The van der Waals surface area contributed by atoms with Gasteiger partial charge in [-0.05, 0) is 44.9 Å². The van der Waals surface area contributed by atoms with E-state index >= 15 is 0 Å².